The Balaban J connectivity index is 1.04. The Morgan fingerprint density at radius 3 is 1.22 bits per heavy atom. The molecule has 0 bridgehead atoms. The second kappa shape index (κ2) is 16.2. The van der Waals surface area contributed by atoms with E-state index in [1.807, 2.05) is 6.07 Å². The van der Waals surface area contributed by atoms with E-state index in [-0.39, 0.29) is 0 Å². The molecule has 0 saturated heterocycles. The van der Waals surface area contributed by atoms with Crippen molar-refractivity contribution in [1.82, 2.24) is 19.5 Å². The topological polar surface area (TPSA) is 43.6 Å². The molecule has 304 valence electrons. The van der Waals surface area contributed by atoms with Crippen LogP contribution in [0.2, 0.25) is 0 Å². The summed E-state index contributed by atoms with van der Waals surface area (Å²) in [5.74, 6) is 1.82. The molecule has 0 fully saturated rings. The quantitative estimate of drug-likeness (QED) is 0.153. The van der Waals surface area contributed by atoms with Crippen molar-refractivity contribution in [2.75, 3.05) is 0 Å². The van der Waals surface area contributed by atoms with Gasteiger partial charge in [0, 0.05) is 33.0 Å². The SMILES string of the molecule is c1ccc(-c2ccc(-c3ccc(-c4nc(-c5ccc(-c6ccccc6)c(-n6c7ccccc7c7ccccc76)c5)nc(-c5cc(-c6ccccc6)c6ccccc6c5)n4)cc3)cc2)cc1. The molecule has 65 heavy (non-hydrogen) atoms. The fourth-order valence-corrected chi connectivity index (χ4v) is 9.26. The first-order valence-electron chi connectivity index (χ1n) is 22.0. The summed E-state index contributed by atoms with van der Waals surface area (Å²) in [5, 5.41) is 4.71. The highest BCUT2D eigenvalue weighted by Gasteiger charge is 2.20. The lowest BCUT2D eigenvalue weighted by molar-refractivity contribution is 1.07. The smallest absolute Gasteiger partial charge is 0.164 e. The molecule has 0 amide bonds. The van der Waals surface area contributed by atoms with E-state index in [0.29, 0.717) is 17.5 Å². The van der Waals surface area contributed by atoms with Crippen molar-refractivity contribution in [3.05, 3.63) is 243 Å². The van der Waals surface area contributed by atoms with Gasteiger partial charge in [-0.3, -0.25) is 0 Å². The standard InChI is InChI=1S/C61H40N4/c1-4-16-41(17-5-1)42-28-30-43(31-29-42)44-32-34-47(35-33-44)59-62-60(64-61(63-59)50-38-48-22-10-11-23-51(48)55(39-50)46-20-8-3-9-21-46)49-36-37-52(45-18-6-2-7-19-45)58(40-49)65-56-26-14-12-24-53(56)54-25-13-15-27-57(54)65/h1-40H. The average molecular weight is 829 g/mol. The minimum atomic E-state index is 0.599. The highest BCUT2D eigenvalue weighted by molar-refractivity contribution is 6.10. The molecule has 0 N–H and O–H groups in total. The third-order valence-corrected chi connectivity index (χ3v) is 12.5. The van der Waals surface area contributed by atoms with Crippen LogP contribution in [-0.4, -0.2) is 19.5 Å². The molecular weight excluding hydrogens is 789 g/mol. The summed E-state index contributed by atoms with van der Waals surface area (Å²) in [6.45, 7) is 0. The summed E-state index contributed by atoms with van der Waals surface area (Å²) in [6.07, 6.45) is 0. The average Bonchev–Trinajstić information content (AvgIpc) is 3.73. The number of fused-ring (bicyclic) bond motifs is 4. The van der Waals surface area contributed by atoms with Gasteiger partial charge in [0.15, 0.2) is 17.5 Å². The van der Waals surface area contributed by atoms with Crippen molar-refractivity contribution in [3.63, 3.8) is 0 Å². The second-order valence-electron chi connectivity index (χ2n) is 16.4. The van der Waals surface area contributed by atoms with Crippen LogP contribution in [0.1, 0.15) is 0 Å². The van der Waals surface area contributed by atoms with Gasteiger partial charge in [0.1, 0.15) is 0 Å². The molecule has 0 aliphatic carbocycles. The summed E-state index contributed by atoms with van der Waals surface area (Å²) >= 11 is 0. The predicted octanol–water partition coefficient (Wildman–Crippen LogP) is 15.8. The van der Waals surface area contributed by atoms with Crippen LogP contribution in [0.25, 0.3) is 117 Å². The van der Waals surface area contributed by atoms with Crippen LogP contribution in [0, 0.1) is 0 Å². The first-order chi connectivity index (χ1) is 32.2. The van der Waals surface area contributed by atoms with E-state index < -0.39 is 0 Å². The number of hydrogen-bond donors (Lipinski definition) is 0. The summed E-state index contributed by atoms with van der Waals surface area (Å²) in [4.78, 5) is 15.9. The van der Waals surface area contributed by atoms with Gasteiger partial charge in [-0.1, -0.05) is 212 Å². The Hall–Kier alpha value is -8.73. The van der Waals surface area contributed by atoms with E-state index in [0.717, 1.165) is 72.2 Å². The van der Waals surface area contributed by atoms with Gasteiger partial charge in [0.05, 0.1) is 16.7 Å². The van der Waals surface area contributed by atoms with E-state index >= 15 is 0 Å². The van der Waals surface area contributed by atoms with Gasteiger partial charge >= 0.3 is 0 Å². The van der Waals surface area contributed by atoms with Crippen LogP contribution in [0.4, 0.5) is 0 Å². The molecule has 0 unspecified atom stereocenters. The maximum Gasteiger partial charge on any atom is 0.164 e. The van der Waals surface area contributed by atoms with Crippen molar-refractivity contribution >= 4 is 32.6 Å². The minimum absolute atomic E-state index is 0.599. The lowest BCUT2D eigenvalue weighted by atomic mass is 9.95. The van der Waals surface area contributed by atoms with Gasteiger partial charge in [-0.15, -0.1) is 0 Å². The van der Waals surface area contributed by atoms with Crippen LogP contribution >= 0.6 is 0 Å². The van der Waals surface area contributed by atoms with Crippen molar-refractivity contribution in [1.29, 1.82) is 0 Å². The van der Waals surface area contributed by atoms with Crippen LogP contribution in [0.5, 0.6) is 0 Å². The molecule has 0 radical (unpaired) electrons. The van der Waals surface area contributed by atoms with Crippen molar-refractivity contribution < 1.29 is 0 Å². The fourth-order valence-electron chi connectivity index (χ4n) is 9.26. The molecule has 2 aromatic heterocycles. The van der Waals surface area contributed by atoms with Gasteiger partial charge in [0.2, 0.25) is 0 Å². The molecule has 0 aliphatic heterocycles. The molecule has 0 saturated carbocycles. The molecule has 0 aliphatic rings. The zero-order chi connectivity index (χ0) is 43.1. The largest absolute Gasteiger partial charge is 0.309 e. The van der Waals surface area contributed by atoms with Gasteiger partial charge in [-0.05, 0) is 80.0 Å². The van der Waals surface area contributed by atoms with Crippen LogP contribution in [0.3, 0.4) is 0 Å². The lowest BCUT2D eigenvalue weighted by Crippen LogP contribution is -2.02. The Morgan fingerprint density at radius 2 is 0.646 bits per heavy atom. The number of hydrogen-bond acceptors (Lipinski definition) is 3. The number of nitrogens with zero attached hydrogens (tertiary/aromatic N) is 4. The molecule has 4 heteroatoms. The van der Waals surface area contributed by atoms with Gasteiger partial charge < -0.3 is 4.57 Å². The Kier molecular flexibility index (Phi) is 9.46. The number of para-hydroxylation sites is 2. The molecule has 0 atom stereocenters. The summed E-state index contributed by atoms with van der Waals surface area (Å²) in [5.41, 5.74) is 15.2. The molecule has 0 spiro atoms. The summed E-state index contributed by atoms with van der Waals surface area (Å²) in [7, 11) is 0. The van der Waals surface area contributed by atoms with E-state index in [1.54, 1.807) is 0 Å². The fraction of sp³-hybridized carbons (Fsp3) is 0. The molecule has 12 rings (SSSR count). The van der Waals surface area contributed by atoms with Crippen LogP contribution < -0.4 is 0 Å². The van der Waals surface area contributed by atoms with Gasteiger partial charge in [-0.25, -0.2) is 15.0 Å². The third kappa shape index (κ3) is 7.04. The normalized spacial score (nSPS) is 11.4. The Bertz CT molecular complexity index is 3620. The van der Waals surface area contributed by atoms with E-state index in [4.69, 9.17) is 15.0 Å². The molecule has 10 aromatic carbocycles. The summed E-state index contributed by atoms with van der Waals surface area (Å²) in [6, 6.07) is 85.9. The first-order valence-corrected chi connectivity index (χ1v) is 22.0. The summed E-state index contributed by atoms with van der Waals surface area (Å²) < 4.78 is 2.39. The van der Waals surface area contributed by atoms with Crippen LogP contribution in [-0.2, 0) is 0 Å². The maximum absolute atomic E-state index is 5.36. The molecule has 12 aromatic rings. The minimum Gasteiger partial charge on any atom is -0.309 e. The van der Waals surface area contributed by atoms with Crippen LogP contribution in [0.15, 0.2) is 243 Å². The first kappa shape index (κ1) is 38.0. The second-order valence-corrected chi connectivity index (χ2v) is 16.4. The third-order valence-electron chi connectivity index (χ3n) is 12.5. The number of aromatic nitrogens is 4. The van der Waals surface area contributed by atoms with E-state index in [1.165, 1.54) is 27.3 Å². The van der Waals surface area contributed by atoms with Crippen molar-refractivity contribution in [3.8, 4) is 84.4 Å². The Morgan fingerprint density at radius 1 is 0.246 bits per heavy atom. The highest BCUT2D eigenvalue weighted by atomic mass is 15.0. The Labute approximate surface area is 377 Å². The number of rotatable bonds is 8. The monoisotopic (exact) mass is 828 g/mol. The molecule has 2 heterocycles. The maximum atomic E-state index is 5.36. The van der Waals surface area contributed by atoms with Gasteiger partial charge in [0.25, 0.3) is 0 Å². The molecule has 4 nitrogen and oxygen atoms in total. The highest BCUT2D eigenvalue weighted by Crippen LogP contribution is 2.39. The number of benzene rings is 10. The van der Waals surface area contributed by atoms with Gasteiger partial charge in [-0.2, -0.15) is 0 Å². The van der Waals surface area contributed by atoms with E-state index in [2.05, 4.69) is 241 Å². The predicted molar refractivity (Wildman–Crippen MR) is 270 cm³/mol. The molecular formula is C61H40N4. The van der Waals surface area contributed by atoms with Crippen molar-refractivity contribution in [2.45, 2.75) is 0 Å². The van der Waals surface area contributed by atoms with E-state index in [9.17, 15) is 0 Å². The zero-order valence-corrected chi connectivity index (χ0v) is 35.4. The van der Waals surface area contributed by atoms with Crippen molar-refractivity contribution in [2.24, 2.45) is 0 Å². The zero-order valence-electron chi connectivity index (χ0n) is 35.4. The lowest BCUT2D eigenvalue weighted by Gasteiger charge is -2.16.